The molecule has 0 spiro atoms. The number of carbonyl (C=O) groups is 1. The highest BCUT2D eigenvalue weighted by Gasteiger charge is 2.18. The van der Waals surface area contributed by atoms with Crippen molar-refractivity contribution < 1.29 is 28.5 Å². The van der Waals surface area contributed by atoms with Crippen LogP contribution in [0.3, 0.4) is 0 Å². The summed E-state index contributed by atoms with van der Waals surface area (Å²) in [4.78, 5) is 12.3. The maximum atomic E-state index is 12.7. The lowest BCUT2D eigenvalue weighted by Crippen LogP contribution is -2.14. The van der Waals surface area contributed by atoms with Crippen LogP contribution in [0.5, 0.6) is 17.2 Å². The monoisotopic (exact) mass is 442 g/mol. The lowest BCUT2D eigenvalue weighted by Gasteiger charge is -2.12. The summed E-state index contributed by atoms with van der Waals surface area (Å²) in [5.41, 5.74) is 1.48. The van der Waals surface area contributed by atoms with Gasteiger partial charge < -0.3 is 20.6 Å². The average molecular weight is 442 g/mol. The van der Waals surface area contributed by atoms with E-state index in [0.717, 1.165) is 17.7 Å². The van der Waals surface area contributed by atoms with Gasteiger partial charge in [0.1, 0.15) is 0 Å². The van der Waals surface area contributed by atoms with Crippen LogP contribution < -0.4 is 10.0 Å². The second-order valence-corrected chi connectivity index (χ2v) is 8.88. The molecule has 5 N–H and O–H groups in total. The first kappa shape index (κ1) is 22.0. The largest absolute Gasteiger partial charge is 0.504 e. The van der Waals surface area contributed by atoms with E-state index < -0.39 is 33.2 Å². The standard InChI is InChI=1S/C22H22N2O6S/c1-13(2)14-4-3-5-16(12-14)24-31(29,30)17-8-6-15(7-9-17)23-22(28)18-10-11-19(25)21(27)20(18)26/h3-13,24-27H,1-2H3,(H,23,28). The molecular weight excluding hydrogens is 420 g/mol. The molecule has 0 saturated carbocycles. The first-order chi connectivity index (χ1) is 14.6. The van der Waals surface area contributed by atoms with Gasteiger partial charge in [-0.05, 0) is 60.0 Å². The second-order valence-electron chi connectivity index (χ2n) is 7.19. The van der Waals surface area contributed by atoms with Gasteiger partial charge in [-0.15, -0.1) is 0 Å². The molecule has 3 rings (SSSR count). The zero-order valence-electron chi connectivity index (χ0n) is 16.8. The number of hydrogen-bond acceptors (Lipinski definition) is 6. The maximum absolute atomic E-state index is 12.7. The van der Waals surface area contributed by atoms with Crippen molar-refractivity contribution in [1.29, 1.82) is 0 Å². The predicted octanol–water partition coefficient (Wildman–Crippen LogP) is 3.98. The molecule has 162 valence electrons. The van der Waals surface area contributed by atoms with E-state index in [1.165, 1.54) is 24.3 Å². The number of anilines is 2. The molecular formula is C22H22N2O6S. The Balaban J connectivity index is 1.76. The predicted molar refractivity (Wildman–Crippen MR) is 117 cm³/mol. The molecule has 0 aliphatic heterocycles. The van der Waals surface area contributed by atoms with Crippen LogP contribution in [0.2, 0.25) is 0 Å². The van der Waals surface area contributed by atoms with Crippen LogP contribution in [-0.2, 0) is 10.0 Å². The van der Waals surface area contributed by atoms with Gasteiger partial charge >= 0.3 is 0 Å². The zero-order valence-corrected chi connectivity index (χ0v) is 17.6. The van der Waals surface area contributed by atoms with Gasteiger partial charge in [-0.25, -0.2) is 8.42 Å². The van der Waals surface area contributed by atoms with Crippen molar-refractivity contribution in [1.82, 2.24) is 0 Å². The summed E-state index contributed by atoms with van der Waals surface area (Å²) in [6.07, 6.45) is 0. The van der Waals surface area contributed by atoms with Crippen molar-refractivity contribution in [2.45, 2.75) is 24.7 Å². The molecule has 0 unspecified atom stereocenters. The van der Waals surface area contributed by atoms with E-state index in [0.29, 0.717) is 5.69 Å². The Morgan fingerprint density at radius 1 is 0.871 bits per heavy atom. The number of nitrogens with one attached hydrogen (secondary N) is 2. The van der Waals surface area contributed by atoms with Gasteiger partial charge in [0.05, 0.1) is 10.5 Å². The highest BCUT2D eigenvalue weighted by atomic mass is 32.2. The Hall–Kier alpha value is -3.72. The lowest BCUT2D eigenvalue weighted by atomic mass is 10.0. The Morgan fingerprint density at radius 2 is 1.55 bits per heavy atom. The number of carbonyl (C=O) groups excluding carboxylic acids is 1. The fourth-order valence-electron chi connectivity index (χ4n) is 2.84. The van der Waals surface area contributed by atoms with E-state index in [4.69, 9.17) is 0 Å². The number of benzene rings is 3. The summed E-state index contributed by atoms with van der Waals surface area (Å²) in [7, 11) is -3.83. The topological polar surface area (TPSA) is 136 Å². The smallest absolute Gasteiger partial charge is 0.261 e. The average Bonchev–Trinajstić information content (AvgIpc) is 2.72. The van der Waals surface area contributed by atoms with Gasteiger partial charge in [-0.2, -0.15) is 0 Å². The minimum absolute atomic E-state index is 0.00516. The molecule has 0 fully saturated rings. The minimum Gasteiger partial charge on any atom is -0.504 e. The van der Waals surface area contributed by atoms with Gasteiger partial charge in [-0.1, -0.05) is 26.0 Å². The second kappa shape index (κ2) is 8.57. The molecule has 1 amide bonds. The summed E-state index contributed by atoms with van der Waals surface area (Å²) in [6, 6.07) is 14.8. The van der Waals surface area contributed by atoms with Crippen molar-refractivity contribution in [2.24, 2.45) is 0 Å². The Labute approximate surface area is 179 Å². The van der Waals surface area contributed by atoms with Crippen molar-refractivity contribution in [3.05, 3.63) is 71.8 Å². The Bertz CT molecular complexity index is 1220. The van der Waals surface area contributed by atoms with Crippen molar-refractivity contribution in [2.75, 3.05) is 10.0 Å². The number of aromatic hydroxyl groups is 3. The van der Waals surface area contributed by atoms with Gasteiger partial charge in [0.15, 0.2) is 11.5 Å². The molecule has 0 aliphatic carbocycles. The van der Waals surface area contributed by atoms with Gasteiger partial charge in [0.2, 0.25) is 5.75 Å². The molecule has 0 bridgehead atoms. The molecule has 0 saturated heterocycles. The molecule has 0 atom stereocenters. The normalized spacial score (nSPS) is 11.3. The lowest BCUT2D eigenvalue weighted by molar-refractivity contribution is 0.102. The number of amides is 1. The third-order valence-electron chi connectivity index (χ3n) is 4.60. The van der Waals surface area contributed by atoms with Crippen LogP contribution in [0.25, 0.3) is 0 Å². The molecule has 0 radical (unpaired) electrons. The van der Waals surface area contributed by atoms with Crippen molar-refractivity contribution in [3.8, 4) is 17.2 Å². The highest BCUT2D eigenvalue weighted by molar-refractivity contribution is 7.92. The van der Waals surface area contributed by atoms with E-state index in [2.05, 4.69) is 10.0 Å². The number of rotatable bonds is 6. The van der Waals surface area contributed by atoms with Crippen LogP contribution in [0.4, 0.5) is 11.4 Å². The van der Waals surface area contributed by atoms with E-state index in [9.17, 15) is 28.5 Å². The van der Waals surface area contributed by atoms with Gasteiger partial charge in [-0.3, -0.25) is 9.52 Å². The molecule has 0 heterocycles. The molecule has 0 aliphatic rings. The number of phenols is 3. The fourth-order valence-corrected chi connectivity index (χ4v) is 3.89. The molecule has 0 aromatic heterocycles. The molecule has 3 aromatic carbocycles. The van der Waals surface area contributed by atoms with E-state index in [1.807, 2.05) is 19.9 Å². The molecule has 8 nitrogen and oxygen atoms in total. The molecule has 9 heteroatoms. The van der Waals surface area contributed by atoms with Crippen molar-refractivity contribution in [3.63, 3.8) is 0 Å². The van der Waals surface area contributed by atoms with Crippen molar-refractivity contribution >= 4 is 27.3 Å². The highest BCUT2D eigenvalue weighted by Crippen LogP contribution is 2.37. The molecule has 31 heavy (non-hydrogen) atoms. The number of sulfonamides is 1. The number of phenolic OH excluding ortho intramolecular Hbond substituents is 3. The third-order valence-corrected chi connectivity index (χ3v) is 6.00. The van der Waals surface area contributed by atoms with Gasteiger partial charge in [0, 0.05) is 11.4 Å². The maximum Gasteiger partial charge on any atom is 0.261 e. The summed E-state index contributed by atoms with van der Waals surface area (Å²) in [6.45, 7) is 4.03. The van der Waals surface area contributed by atoms with Crippen LogP contribution in [-0.4, -0.2) is 29.6 Å². The zero-order chi connectivity index (χ0) is 22.8. The summed E-state index contributed by atoms with van der Waals surface area (Å²) < 4.78 is 27.9. The third kappa shape index (κ3) is 4.89. The SMILES string of the molecule is CC(C)c1cccc(NS(=O)(=O)c2ccc(NC(=O)c3ccc(O)c(O)c3O)cc2)c1. The summed E-state index contributed by atoms with van der Waals surface area (Å²) >= 11 is 0. The molecule has 3 aromatic rings. The Kier molecular flexibility index (Phi) is 6.07. The number of hydrogen-bond donors (Lipinski definition) is 5. The van der Waals surface area contributed by atoms with Crippen LogP contribution in [0.1, 0.15) is 35.7 Å². The van der Waals surface area contributed by atoms with Crippen LogP contribution in [0.15, 0.2) is 65.6 Å². The van der Waals surface area contributed by atoms with Gasteiger partial charge in [0.25, 0.3) is 15.9 Å². The van der Waals surface area contributed by atoms with E-state index in [1.54, 1.807) is 18.2 Å². The van der Waals surface area contributed by atoms with Crippen LogP contribution >= 0.6 is 0 Å². The fraction of sp³-hybridized carbons (Fsp3) is 0.136. The van der Waals surface area contributed by atoms with Crippen LogP contribution in [0, 0.1) is 0 Å². The first-order valence-corrected chi connectivity index (χ1v) is 10.8. The minimum atomic E-state index is -3.83. The summed E-state index contributed by atoms with van der Waals surface area (Å²) in [5.74, 6) is -2.62. The Morgan fingerprint density at radius 3 is 2.19 bits per heavy atom. The first-order valence-electron chi connectivity index (χ1n) is 9.36. The van der Waals surface area contributed by atoms with E-state index in [-0.39, 0.29) is 22.1 Å². The summed E-state index contributed by atoms with van der Waals surface area (Å²) in [5, 5.41) is 31.2. The quantitative estimate of drug-likeness (QED) is 0.366. The van der Waals surface area contributed by atoms with E-state index >= 15 is 0 Å².